The fraction of sp³-hybridized carbons (Fsp3) is 1.00. The molecule has 3 heteroatoms. The fourth-order valence-corrected chi connectivity index (χ4v) is 3.95. The molecule has 0 spiro atoms. The molecule has 2 aliphatic rings. The van der Waals surface area contributed by atoms with E-state index in [2.05, 4.69) is 31.1 Å². The zero-order valence-corrected chi connectivity index (χ0v) is 12.4. The van der Waals surface area contributed by atoms with Crippen molar-refractivity contribution in [3.63, 3.8) is 0 Å². The molecule has 2 rings (SSSR count). The topological polar surface area (TPSA) is 24.5 Å². The second kappa shape index (κ2) is 6.36. The molecule has 2 aliphatic heterocycles. The van der Waals surface area contributed by atoms with Crippen LogP contribution in [0.25, 0.3) is 0 Å². The van der Waals surface area contributed by atoms with Gasteiger partial charge >= 0.3 is 0 Å². The van der Waals surface area contributed by atoms with Crippen LogP contribution in [0.3, 0.4) is 0 Å². The van der Waals surface area contributed by atoms with E-state index in [-0.39, 0.29) is 5.54 Å². The molecular weight excluding hydrogens is 224 g/mol. The Morgan fingerprint density at radius 1 is 1.33 bits per heavy atom. The van der Waals surface area contributed by atoms with Gasteiger partial charge in [0.2, 0.25) is 0 Å². The number of nitrogens with one attached hydrogen (secondary N) is 1. The largest absolute Gasteiger partial charge is 0.381 e. The summed E-state index contributed by atoms with van der Waals surface area (Å²) in [5.74, 6) is 0.675. The number of hydrogen-bond donors (Lipinski definition) is 1. The normalized spacial score (nSPS) is 31.2. The van der Waals surface area contributed by atoms with Gasteiger partial charge in [0.15, 0.2) is 0 Å². The van der Waals surface area contributed by atoms with E-state index < -0.39 is 0 Å². The van der Waals surface area contributed by atoms with Crippen LogP contribution in [0.2, 0.25) is 0 Å². The van der Waals surface area contributed by atoms with Gasteiger partial charge in [0.1, 0.15) is 0 Å². The van der Waals surface area contributed by atoms with Gasteiger partial charge in [-0.2, -0.15) is 0 Å². The minimum absolute atomic E-state index is 0.288. The van der Waals surface area contributed by atoms with E-state index in [1.807, 2.05) is 0 Å². The summed E-state index contributed by atoms with van der Waals surface area (Å²) < 4.78 is 5.71. The summed E-state index contributed by atoms with van der Waals surface area (Å²) in [6.45, 7) is 9.24. The van der Waals surface area contributed by atoms with E-state index in [1.165, 1.54) is 45.2 Å². The number of rotatable bonds is 5. The van der Waals surface area contributed by atoms with Gasteiger partial charge in [0.05, 0.1) is 6.61 Å². The number of ether oxygens (including phenoxy) is 1. The van der Waals surface area contributed by atoms with Crippen LogP contribution in [0, 0.1) is 5.92 Å². The smallest absolute Gasteiger partial charge is 0.0509 e. The van der Waals surface area contributed by atoms with Crippen molar-refractivity contribution < 1.29 is 4.74 Å². The number of nitrogens with zero attached hydrogens (tertiary/aromatic N) is 1. The molecule has 0 aromatic rings. The van der Waals surface area contributed by atoms with Crippen LogP contribution < -0.4 is 5.32 Å². The molecule has 0 saturated carbocycles. The number of likely N-dealkylation sites (N-methyl/N-ethyl adjacent to an activating group) is 1. The third-order valence-corrected chi connectivity index (χ3v) is 5.19. The maximum absolute atomic E-state index is 5.71. The molecule has 0 radical (unpaired) electrons. The molecule has 2 fully saturated rings. The van der Waals surface area contributed by atoms with Gasteiger partial charge in [0, 0.05) is 18.2 Å². The summed E-state index contributed by atoms with van der Waals surface area (Å²) in [6, 6.07) is 0.556. The first-order valence-electron chi connectivity index (χ1n) is 7.72. The maximum Gasteiger partial charge on any atom is 0.0509 e. The van der Waals surface area contributed by atoms with Gasteiger partial charge in [-0.05, 0) is 65.1 Å². The quantitative estimate of drug-likeness (QED) is 0.814. The van der Waals surface area contributed by atoms with Crippen LogP contribution in [-0.4, -0.2) is 49.8 Å². The zero-order valence-electron chi connectivity index (χ0n) is 12.4. The fourth-order valence-electron chi connectivity index (χ4n) is 3.95. The molecule has 3 nitrogen and oxygen atoms in total. The van der Waals surface area contributed by atoms with Crippen LogP contribution in [0.5, 0.6) is 0 Å². The lowest BCUT2D eigenvalue weighted by molar-refractivity contribution is -0.00738. The van der Waals surface area contributed by atoms with E-state index in [4.69, 9.17) is 4.74 Å². The van der Waals surface area contributed by atoms with Gasteiger partial charge in [-0.25, -0.2) is 0 Å². The molecule has 2 heterocycles. The van der Waals surface area contributed by atoms with Crippen LogP contribution in [0.1, 0.15) is 46.0 Å². The predicted molar refractivity (Wildman–Crippen MR) is 75.9 cm³/mol. The first-order valence-corrected chi connectivity index (χ1v) is 7.72. The zero-order chi connectivity index (χ0) is 13.0. The lowest BCUT2D eigenvalue weighted by Crippen LogP contribution is -2.61. The van der Waals surface area contributed by atoms with E-state index >= 15 is 0 Å². The van der Waals surface area contributed by atoms with Crippen molar-refractivity contribution in [2.45, 2.75) is 57.5 Å². The molecule has 2 saturated heterocycles. The molecule has 1 N–H and O–H groups in total. The molecular formula is C15H30N2O. The first-order chi connectivity index (χ1) is 8.72. The summed E-state index contributed by atoms with van der Waals surface area (Å²) in [7, 11) is 2.13. The van der Waals surface area contributed by atoms with Crippen molar-refractivity contribution in [3.05, 3.63) is 0 Å². The molecule has 3 unspecified atom stereocenters. The summed E-state index contributed by atoms with van der Waals surface area (Å²) in [5.41, 5.74) is 0.288. The molecule has 18 heavy (non-hydrogen) atoms. The van der Waals surface area contributed by atoms with E-state index in [1.54, 1.807) is 0 Å². The molecule has 3 atom stereocenters. The minimum atomic E-state index is 0.288. The van der Waals surface area contributed by atoms with Crippen LogP contribution in [-0.2, 0) is 4.74 Å². The third-order valence-electron chi connectivity index (χ3n) is 5.19. The Morgan fingerprint density at radius 2 is 2.06 bits per heavy atom. The van der Waals surface area contributed by atoms with Crippen molar-refractivity contribution in [2.75, 3.05) is 33.4 Å². The van der Waals surface area contributed by atoms with E-state index in [0.29, 0.717) is 12.0 Å². The highest BCUT2D eigenvalue weighted by molar-refractivity contribution is 5.00. The van der Waals surface area contributed by atoms with Crippen LogP contribution in [0.15, 0.2) is 0 Å². The molecule has 0 amide bonds. The SMILES string of the molecule is CCC(C)(C(NC)C1CCCOC1)N1CCCC1. The second-order valence-electron chi connectivity index (χ2n) is 6.15. The first kappa shape index (κ1) is 14.3. The van der Waals surface area contributed by atoms with Gasteiger partial charge in [-0.3, -0.25) is 4.90 Å². The summed E-state index contributed by atoms with van der Waals surface area (Å²) >= 11 is 0. The van der Waals surface area contributed by atoms with Crippen LogP contribution in [0.4, 0.5) is 0 Å². The van der Waals surface area contributed by atoms with Crippen molar-refractivity contribution in [3.8, 4) is 0 Å². The highest BCUT2D eigenvalue weighted by atomic mass is 16.5. The molecule has 0 aromatic carbocycles. The Kier molecular flexibility index (Phi) is 5.05. The molecule has 0 aliphatic carbocycles. The molecule has 106 valence electrons. The summed E-state index contributed by atoms with van der Waals surface area (Å²) in [5, 5.41) is 3.62. The predicted octanol–water partition coefficient (Wildman–Crippen LogP) is 2.27. The van der Waals surface area contributed by atoms with Crippen molar-refractivity contribution in [1.29, 1.82) is 0 Å². The van der Waals surface area contributed by atoms with Gasteiger partial charge in [-0.15, -0.1) is 0 Å². The Hall–Kier alpha value is -0.120. The average molecular weight is 254 g/mol. The molecule has 0 aromatic heterocycles. The standard InChI is InChI=1S/C15H30N2O/c1-4-15(2,17-9-5-6-10-17)14(16-3)13-8-7-11-18-12-13/h13-14,16H,4-12H2,1-3H3. The van der Waals surface area contributed by atoms with Crippen molar-refractivity contribution >= 4 is 0 Å². The lowest BCUT2D eigenvalue weighted by Gasteiger charge is -2.48. The van der Waals surface area contributed by atoms with Crippen LogP contribution >= 0.6 is 0 Å². The number of likely N-dealkylation sites (tertiary alicyclic amines) is 1. The van der Waals surface area contributed by atoms with Gasteiger partial charge in [0.25, 0.3) is 0 Å². The average Bonchev–Trinajstić information content (AvgIpc) is 2.95. The second-order valence-corrected chi connectivity index (χ2v) is 6.15. The summed E-state index contributed by atoms with van der Waals surface area (Å²) in [4.78, 5) is 2.71. The van der Waals surface area contributed by atoms with E-state index in [0.717, 1.165) is 13.2 Å². The number of hydrogen-bond acceptors (Lipinski definition) is 3. The minimum Gasteiger partial charge on any atom is -0.381 e. The Balaban J connectivity index is 2.10. The Morgan fingerprint density at radius 3 is 2.56 bits per heavy atom. The Bertz CT molecular complexity index is 247. The maximum atomic E-state index is 5.71. The van der Waals surface area contributed by atoms with Crippen molar-refractivity contribution in [2.24, 2.45) is 5.92 Å². The summed E-state index contributed by atoms with van der Waals surface area (Å²) in [6.07, 6.45) is 6.49. The van der Waals surface area contributed by atoms with Gasteiger partial charge in [-0.1, -0.05) is 6.92 Å². The van der Waals surface area contributed by atoms with E-state index in [9.17, 15) is 0 Å². The lowest BCUT2D eigenvalue weighted by atomic mass is 9.77. The van der Waals surface area contributed by atoms with Crippen molar-refractivity contribution in [1.82, 2.24) is 10.2 Å². The Labute approximate surface area is 112 Å². The highest BCUT2D eigenvalue weighted by Crippen LogP contribution is 2.33. The highest BCUT2D eigenvalue weighted by Gasteiger charge is 2.42. The molecule has 0 bridgehead atoms. The monoisotopic (exact) mass is 254 g/mol. The van der Waals surface area contributed by atoms with Gasteiger partial charge < -0.3 is 10.1 Å². The third kappa shape index (κ3) is 2.73.